The number of carbonyl (C=O) groups excluding carboxylic acids is 1. The molecule has 0 fully saturated rings. The summed E-state index contributed by atoms with van der Waals surface area (Å²) < 4.78 is 0. The number of pyridine rings is 1. The standard InChI is InChI=1S/C18H20ClNO/c1-13(2)15-4-6-16(7-5-15)18(3,17(19)21)12-14-8-10-20-11-9-14/h4-11,13H,12H2,1-3H3. The van der Waals surface area contributed by atoms with E-state index >= 15 is 0 Å². The maximum atomic E-state index is 12.0. The Morgan fingerprint density at radius 3 is 2.19 bits per heavy atom. The summed E-state index contributed by atoms with van der Waals surface area (Å²) in [5.74, 6) is 0.470. The number of carbonyl (C=O) groups is 1. The molecular formula is C18H20ClNO. The van der Waals surface area contributed by atoms with Crippen molar-refractivity contribution >= 4 is 16.8 Å². The van der Waals surface area contributed by atoms with Crippen LogP contribution in [0.1, 0.15) is 43.4 Å². The largest absolute Gasteiger partial charge is 0.280 e. The summed E-state index contributed by atoms with van der Waals surface area (Å²) in [5, 5.41) is -0.336. The van der Waals surface area contributed by atoms with E-state index in [1.807, 2.05) is 31.2 Å². The Morgan fingerprint density at radius 1 is 1.14 bits per heavy atom. The molecule has 0 aliphatic heterocycles. The lowest BCUT2D eigenvalue weighted by Crippen LogP contribution is -2.31. The predicted molar refractivity (Wildman–Crippen MR) is 86.7 cm³/mol. The van der Waals surface area contributed by atoms with Gasteiger partial charge in [0.15, 0.2) is 0 Å². The van der Waals surface area contributed by atoms with Crippen molar-refractivity contribution in [1.29, 1.82) is 0 Å². The summed E-state index contributed by atoms with van der Waals surface area (Å²) in [5.41, 5.74) is 2.53. The van der Waals surface area contributed by atoms with Gasteiger partial charge in [-0.05, 0) is 59.7 Å². The van der Waals surface area contributed by atoms with E-state index in [4.69, 9.17) is 11.6 Å². The first-order chi connectivity index (χ1) is 9.93. The third-order valence-electron chi connectivity index (χ3n) is 3.96. The van der Waals surface area contributed by atoms with Gasteiger partial charge in [0.05, 0.1) is 5.41 Å². The van der Waals surface area contributed by atoms with Crippen molar-refractivity contribution in [2.45, 2.75) is 38.5 Å². The molecule has 1 atom stereocenters. The van der Waals surface area contributed by atoms with Gasteiger partial charge in [-0.2, -0.15) is 0 Å². The maximum Gasteiger partial charge on any atom is 0.232 e. The molecule has 1 aromatic carbocycles. The van der Waals surface area contributed by atoms with Crippen LogP contribution in [0.3, 0.4) is 0 Å². The lowest BCUT2D eigenvalue weighted by atomic mass is 9.78. The number of aromatic nitrogens is 1. The molecule has 1 unspecified atom stereocenters. The van der Waals surface area contributed by atoms with Crippen LogP contribution in [0.4, 0.5) is 0 Å². The maximum absolute atomic E-state index is 12.0. The van der Waals surface area contributed by atoms with Gasteiger partial charge in [-0.1, -0.05) is 38.1 Å². The number of rotatable bonds is 5. The second-order valence-electron chi connectivity index (χ2n) is 5.91. The van der Waals surface area contributed by atoms with Gasteiger partial charge in [-0.15, -0.1) is 0 Å². The Bertz CT molecular complexity index is 607. The van der Waals surface area contributed by atoms with Gasteiger partial charge in [0, 0.05) is 12.4 Å². The van der Waals surface area contributed by atoms with Gasteiger partial charge in [0.1, 0.15) is 0 Å². The minimum Gasteiger partial charge on any atom is -0.280 e. The molecule has 0 bridgehead atoms. The average molecular weight is 302 g/mol. The highest BCUT2D eigenvalue weighted by molar-refractivity contribution is 6.65. The van der Waals surface area contributed by atoms with Crippen LogP contribution in [-0.4, -0.2) is 10.2 Å². The molecule has 110 valence electrons. The van der Waals surface area contributed by atoms with E-state index in [2.05, 4.69) is 31.0 Å². The molecule has 21 heavy (non-hydrogen) atoms. The van der Waals surface area contributed by atoms with Gasteiger partial charge < -0.3 is 0 Å². The van der Waals surface area contributed by atoms with E-state index in [1.165, 1.54) is 5.56 Å². The second kappa shape index (κ2) is 6.40. The van der Waals surface area contributed by atoms with E-state index in [0.29, 0.717) is 12.3 Å². The molecule has 1 aromatic heterocycles. The molecule has 1 heterocycles. The summed E-state index contributed by atoms with van der Waals surface area (Å²) in [6.07, 6.45) is 4.03. The Balaban J connectivity index is 2.35. The van der Waals surface area contributed by atoms with Crippen LogP contribution in [0.15, 0.2) is 48.8 Å². The van der Waals surface area contributed by atoms with E-state index in [0.717, 1.165) is 11.1 Å². The second-order valence-corrected chi connectivity index (χ2v) is 6.26. The number of halogens is 1. The fraction of sp³-hybridized carbons (Fsp3) is 0.333. The normalized spacial score (nSPS) is 14.0. The number of benzene rings is 1. The third-order valence-corrected chi connectivity index (χ3v) is 4.37. The molecule has 0 aliphatic rings. The van der Waals surface area contributed by atoms with Crippen LogP contribution in [0, 0.1) is 0 Å². The number of nitrogens with zero attached hydrogens (tertiary/aromatic N) is 1. The van der Waals surface area contributed by atoms with Crippen molar-refractivity contribution in [2.24, 2.45) is 0 Å². The van der Waals surface area contributed by atoms with Crippen molar-refractivity contribution in [1.82, 2.24) is 4.98 Å². The summed E-state index contributed by atoms with van der Waals surface area (Å²) >= 11 is 5.92. The zero-order valence-electron chi connectivity index (χ0n) is 12.6. The highest BCUT2D eigenvalue weighted by Crippen LogP contribution is 2.31. The molecule has 3 heteroatoms. The lowest BCUT2D eigenvalue weighted by molar-refractivity contribution is -0.116. The first-order valence-corrected chi connectivity index (χ1v) is 7.50. The first kappa shape index (κ1) is 15.7. The molecule has 2 rings (SSSR count). The molecule has 0 radical (unpaired) electrons. The highest BCUT2D eigenvalue weighted by Gasteiger charge is 2.34. The van der Waals surface area contributed by atoms with E-state index in [9.17, 15) is 4.79 Å². The zero-order valence-corrected chi connectivity index (χ0v) is 13.4. The van der Waals surface area contributed by atoms with Crippen LogP contribution >= 0.6 is 11.6 Å². The van der Waals surface area contributed by atoms with E-state index in [-0.39, 0.29) is 5.24 Å². The summed E-state index contributed by atoms with van der Waals surface area (Å²) in [6, 6.07) is 12.0. The molecule has 0 saturated carbocycles. The molecule has 0 aliphatic carbocycles. The fourth-order valence-electron chi connectivity index (χ4n) is 2.43. The van der Waals surface area contributed by atoms with Crippen LogP contribution in [0.5, 0.6) is 0 Å². The monoisotopic (exact) mass is 301 g/mol. The van der Waals surface area contributed by atoms with Crippen molar-refractivity contribution in [3.63, 3.8) is 0 Å². The first-order valence-electron chi connectivity index (χ1n) is 7.13. The lowest BCUT2D eigenvalue weighted by Gasteiger charge is -2.26. The van der Waals surface area contributed by atoms with E-state index < -0.39 is 5.41 Å². The minimum absolute atomic E-state index is 0.336. The van der Waals surface area contributed by atoms with Crippen LogP contribution in [0.25, 0.3) is 0 Å². The van der Waals surface area contributed by atoms with Gasteiger partial charge in [0.25, 0.3) is 0 Å². The molecule has 2 aromatic rings. The zero-order chi connectivity index (χ0) is 15.5. The Hall–Kier alpha value is -1.67. The summed E-state index contributed by atoms with van der Waals surface area (Å²) in [7, 11) is 0. The van der Waals surface area contributed by atoms with Crippen molar-refractivity contribution in [2.75, 3.05) is 0 Å². The summed E-state index contributed by atoms with van der Waals surface area (Å²) in [4.78, 5) is 16.0. The summed E-state index contributed by atoms with van der Waals surface area (Å²) in [6.45, 7) is 6.20. The van der Waals surface area contributed by atoms with Crippen molar-refractivity contribution < 1.29 is 4.79 Å². The van der Waals surface area contributed by atoms with E-state index in [1.54, 1.807) is 12.4 Å². The molecule has 2 nitrogen and oxygen atoms in total. The Kier molecular flexibility index (Phi) is 4.79. The smallest absolute Gasteiger partial charge is 0.232 e. The molecule has 0 saturated heterocycles. The number of hydrogen-bond donors (Lipinski definition) is 0. The average Bonchev–Trinajstić information content (AvgIpc) is 2.48. The highest BCUT2D eigenvalue weighted by atomic mass is 35.5. The molecular weight excluding hydrogens is 282 g/mol. The molecule has 0 spiro atoms. The fourth-order valence-corrected chi connectivity index (χ4v) is 2.61. The Morgan fingerprint density at radius 2 is 1.71 bits per heavy atom. The van der Waals surface area contributed by atoms with Gasteiger partial charge in [-0.25, -0.2) is 0 Å². The van der Waals surface area contributed by atoms with Gasteiger partial charge >= 0.3 is 0 Å². The molecule has 0 amide bonds. The predicted octanol–water partition coefficient (Wildman–Crippen LogP) is 4.47. The SMILES string of the molecule is CC(C)c1ccc(C(C)(Cc2ccncc2)C(=O)Cl)cc1. The third kappa shape index (κ3) is 3.51. The van der Waals surface area contributed by atoms with Gasteiger partial charge in [-0.3, -0.25) is 9.78 Å². The van der Waals surface area contributed by atoms with Crippen LogP contribution < -0.4 is 0 Å². The molecule has 0 N–H and O–H groups in total. The van der Waals surface area contributed by atoms with Gasteiger partial charge in [0.2, 0.25) is 5.24 Å². The Labute approximate surface area is 131 Å². The topological polar surface area (TPSA) is 30.0 Å². The quantitative estimate of drug-likeness (QED) is 0.763. The minimum atomic E-state index is -0.724. The van der Waals surface area contributed by atoms with Crippen molar-refractivity contribution in [3.05, 3.63) is 65.5 Å². The van der Waals surface area contributed by atoms with Crippen molar-refractivity contribution in [3.8, 4) is 0 Å². The van der Waals surface area contributed by atoms with Crippen LogP contribution in [0.2, 0.25) is 0 Å². The van der Waals surface area contributed by atoms with Crippen LogP contribution in [-0.2, 0) is 16.6 Å². The number of hydrogen-bond acceptors (Lipinski definition) is 2.